The highest BCUT2D eigenvalue weighted by Gasteiger charge is 1.73. The zero-order valence-corrected chi connectivity index (χ0v) is 7.22. The van der Waals surface area contributed by atoms with Crippen molar-refractivity contribution in [3.8, 4) is 0 Å². The van der Waals surface area contributed by atoms with Gasteiger partial charge in [-0.05, 0) is 12.5 Å². The molecule has 0 heterocycles. The van der Waals surface area contributed by atoms with E-state index < -0.39 is 0 Å². The molecular formula is C11H16. The predicted molar refractivity (Wildman–Crippen MR) is 54.5 cm³/mol. The minimum atomic E-state index is 1.00. The van der Waals surface area contributed by atoms with Crippen molar-refractivity contribution in [2.75, 3.05) is 0 Å². The van der Waals surface area contributed by atoms with Crippen molar-refractivity contribution in [2.24, 2.45) is 0 Å². The normalized spacial score (nSPS) is 6.27. The fourth-order valence-corrected chi connectivity index (χ4v) is 0.355. The first kappa shape index (κ1) is 12.4. The molecule has 0 aliphatic carbocycles. The van der Waals surface area contributed by atoms with E-state index in [1.807, 2.05) is 13.0 Å². The Morgan fingerprint density at radius 1 is 1.00 bits per heavy atom. The largest absolute Gasteiger partial charge is 0.103 e. The van der Waals surface area contributed by atoms with Crippen LogP contribution in [0.25, 0.3) is 0 Å². The van der Waals surface area contributed by atoms with Gasteiger partial charge in [0, 0.05) is 0 Å². The van der Waals surface area contributed by atoms with Gasteiger partial charge in [-0.3, -0.25) is 0 Å². The van der Waals surface area contributed by atoms with Gasteiger partial charge in [-0.25, -0.2) is 0 Å². The average molecular weight is 148 g/mol. The van der Waals surface area contributed by atoms with Crippen molar-refractivity contribution >= 4 is 0 Å². The van der Waals surface area contributed by atoms with Crippen molar-refractivity contribution < 1.29 is 0 Å². The van der Waals surface area contributed by atoms with E-state index in [2.05, 4.69) is 26.3 Å². The molecule has 0 bridgehead atoms. The molecule has 0 saturated carbocycles. The maximum Gasteiger partial charge on any atom is -0.0269 e. The Morgan fingerprint density at radius 3 is 1.45 bits per heavy atom. The Hall–Kier alpha value is -1.30. The van der Waals surface area contributed by atoms with Crippen molar-refractivity contribution in [1.82, 2.24) is 0 Å². The van der Waals surface area contributed by atoms with Crippen molar-refractivity contribution in [3.05, 3.63) is 62.3 Å². The lowest BCUT2D eigenvalue weighted by atomic mass is 10.2. The van der Waals surface area contributed by atoms with Crippen molar-refractivity contribution in [2.45, 2.75) is 6.92 Å². The molecule has 0 amide bonds. The Morgan fingerprint density at radius 2 is 1.36 bits per heavy atom. The van der Waals surface area contributed by atoms with Crippen LogP contribution >= 0.6 is 0 Å². The van der Waals surface area contributed by atoms with E-state index >= 15 is 0 Å². The zero-order chi connectivity index (χ0) is 9.11. The predicted octanol–water partition coefficient (Wildman–Crippen LogP) is 3.66. The van der Waals surface area contributed by atoms with Crippen molar-refractivity contribution in [1.29, 1.82) is 0 Å². The summed E-state index contributed by atoms with van der Waals surface area (Å²) >= 11 is 0. The van der Waals surface area contributed by atoms with Crippen LogP contribution in [-0.2, 0) is 0 Å². The molecule has 11 heavy (non-hydrogen) atoms. The summed E-state index contributed by atoms with van der Waals surface area (Å²) in [6, 6.07) is 0. The van der Waals surface area contributed by atoms with Crippen LogP contribution in [0.3, 0.4) is 0 Å². The Balaban J connectivity index is 0. The Bertz CT molecular complexity index is 149. The molecule has 0 fully saturated rings. The number of allylic oxidation sites excluding steroid dienone is 6. The lowest BCUT2D eigenvalue weighted by Crippen LogP contribution is -1.63. The molecule has 0 aromatic heterocycles. The number of rotatable bonds is 3. The minimum Gasteiger partial charge on any atom is -0.103 e. The third kappa shape index (κ3) is 12.0. The van der Waals surface area contributed by atoms with Gasteiger partial charge in [0.25, 0.3) is 0 Å². The molecule has 0 radical (unpaired) electrons. The molecule has 0 aliphatic rings. The van der Waals surface area contributed by atoms with Gasteiger partial charge in [-0.2, -0.15) is 0 Å². The Kier molecular flexibility index (Phi) is 12.9. The second-order valence-electron chi connectivity index (χ2n) is 1.72. The van der Waals surface area contributed by atoms with Gasteiger partial charge in [0.1, 0.15) is 0 Å². The second-order valence-corrected chi connectivity index (χ2v) is 1.72. The van der Waals surface area contributed by atoms with Gasteiger partial charge in [-0.15, -0.1) is 6.58 Å². The van der Waals surface area contributed by atoms with Crippen LogP contribution in [0.4, 0.5) is 0 Å². The van der Waals surface area contributed by atoms with Gasteiger partial charge >= 0.3 is 0 Å². The fraction of sp³-hybridized carbons (Fsp3) is 0.0909. The summed E-state index contributed by atoms with van der Waals surface area (Å²) in [6.45, 7) is 15.9. The molecule has 0 spiro atoms. The maximum atomic E-state index is 3.56. The summed E-state index contributed by atoms with van der Waals surface area (Å²) in [5.41, 5.74) is 1.00. The first-order valence-corrected chi connectivity index (χ1v) is 3.41. The molecule has 0 aromatic carbocycles. The van der Waals surface area contributed by atoms with E-state index in [1.54, 1.807) is 24.3 Å². The SMILES string of the molecule is C=CC.C=CC=C(C=C)C=C. The second kappa shape index (κ2) is 11.5. The van der Waals surface area contributed by atoms with E-state index in [-0.39, 0.29) is 0 Å². The summed E-state index contributed by atoms with van der Waals surface area (Å²) in [5.74, 6) is 0. The lowest BCUT2D eigenvalue weighted by Gasteiger charge is -1.83. The van der Waals surface area contributed by atoms with Gasteiger partial charge in [0.15, 0.2) is 0 Å². The highest BCUT2D eigenvalue weighted by atomic mass is 13.8. The van der Waals surface area contributed by atoms with Crippen LogP contribution in [0, 0.1) is 0 Å². The van der Waals surface area contributed by atoms with Crippen LogP contribution in [0.15, 0.2) is 62.3 Å². The molecule has 0 heteroatoms. The number of hydrogen-bond donors (Lipinski definition) is 0. The van der Waals surface area contributed by atoms with E-state index in [1.165, 1.54) is 0 Å². The molecule has 0 aliphatic heterocycles. The van der Waals surface area contributed by atoms with E-state index in [0.29, 0.717) is 0 Å². The first-order chi connectivity index (χ1) is 5.26. The standard InChI is InChI=1S/C8H10.C3H6/c1-4-7-8(5-2)6-3;1-3-2/h4-7H,1-3H2;3H,1H2,2H3. The highest BCUT2D eigenvalue weighted by molar-refractivity contribution is 5.30. The maximum absolute atomic E-state index is 3.56. The average Bonchev–Trinajstić information content (AvgIpc) is 2.02. The van der Waals surface area contributed by atoms with Crippen LogP contribution in [0.1, 0.15) is 6.92 Å². The van der Waals surface area contributed by atoms with Gasteiger partial charge in [0.2, 0.25) is 0 Å². The smallest absolute Gasteiger partial charge is 0.0269 e. The molecule has 60 valence electrons. The Labute approximate surface area is 69.9 Å². The van der Waals surface area contributed by atoms with Gasteiger partial charge in [-0.1, -0.05) is 50.1 Å². The highest BCUT2D eigenvalue weighted by Crippen LogP contribution is 1.94. The van der Waals surface area contributed by atoms with E-state index in [9.17, 15) is 0 Å². The first-order valence-electron chi connectivity index (χ1n) is 3.41. The van der Waals surface area contributed by atoms with E-state index in [4.69, 9.17) is 0 Å². The van der Waals surface area contributed by atoms with Crippen LogP contribution < -0.4 is 0 Å². The summed E-state index contributed by atoms with van der Waals surface area (Å²) in [7, 11) is 0. The fourth-order valence-electron chi connectivity index (χ4n) is 0.355. The third-order valence-corrected chi connectivity index (χ3v) is 0.782. The molecule has 0 unspecified atom stereocenters. The molecule has 0 N–H and O–H groups in total. The van der Waals surface area contributed by atoms with Gasteiger partial charge < -0.3 is 0 Å². The van der Waals surface area contributed by atoms with Crippen LogP contribution in [0.2, 0.25) is 0 Å². The lowest BCUT2D eigenvalue weighted by molar-refractivity contribution is 1.73. The molecular weight excluding hydrogens is 132 g/mol. The molecule has 0 nitrogen and oxygen atoms in total. The quantitative estimate of drug-likeness (QED) is 0.423. The topological polar surface area (TPSA) is 0 Å². The summed E-state index contributed by atoms with van der Waals surface area (Å²) < 4.78 is 0. The van der Waals surface area contributed by atoms with E-state index in [0.717, 1.165) is 5.57 Å². The van der Waals surface area contributed by atoms with Crippen molar-refractivity contribution in [3.63, 3.8) is 0 Å². The molecule has 0 rings (SSSR count). The molecule has 0 atom stereocenters. The van der Waals surface area contributed by atoms with Crippen LogP contribution in [0.5, 0.6) is 0 Å². The zero-order valence-electron chi connectivity index (χ0n) is 7.22. The summed E-state index contributed by atoms with van der Waals surface area (Å²) in [6.07, 6.45) is 8.77. The molecule has 0 saturated heterocycles. The van der Waals surface area contributed by atoms with Crippen LogP contribution in [-0.4, -0.2) is 0 Å². The monoisotopic (exact) mass is 148 g/mol. The third-order valence-electron chi connectivity index (χ3n) is 0.782. The van der Waals surface area contributed by atoms with Gasteiger partial charge in [0.05, 0.1) is 0 Å². The molecule has 0 aromatic rings. The summed E-state index contributed by atoms with van der Waals surface area (Å²) in [5, 5.41) is 0. The number of hydrogen-bond acceptors (Lipinski definition) is 0. The minimum absolute atomic E-state index is 1.00. The summed E-state index contributed by atoms with van der Waals surface area (Å²) in [4.78, 5) is 0.